The van der Waals surface area contributed by atoms with Crippen LogP contribution in [0.15, 0.2) is 0 Å². The molecule has 0 spiro atoms. The van der Waals surface area contributed by atoms with Crippen molar-refractivity contribution in [3.05, 3.63) is 0 Å². The molecule has 0 aromatic rings. The normalized spacial score (nSPS) is 24.7. The summed E-state index contributed by atoms with van der Waals surface area (Å²) in [6.07, 6.45) is 2.62. The van der Waals surface area contributed by atoms with Crippen LogP contribution in [0.2, 0.25) is 0 Å². The minimum Gasteiger partial charge on any atom is -0.381 e. The van der Waals surface area contributed by atoms with E-state index < -0.39 is 0 Å². The van der Waals surface area contributed by atoms with Crippen LogP contribution in [0, 0.1) is 5.92 Å². The van der Waals surface area contributed by atoms with Crippen LogP contribution in [0.4, 0.5) is 0 Å². The van der Waals surface area contributed by atoms with Crippen LogP contribution < -0.4 is 0 Å². The lowest BCUT2D eigenvalue weighted by atomic mass is 9.98. The Kier molecular flexibility index (Phi) is 6.45. The summed E-state index contributed by atoms with van der Waals surface area (Å²) in [7, 11) is 0. The summed E-state index contributed by atoms with van der Waals surface area (Å²) in [5.74, 6) is 0.586. The second-order valence-corrected chi connectivity index (χ2v) is 6.83. The van der Waals surface area contributed by atoms with Crippen molar-refractivity contribution in [2.75, 3.05) is 72.2 Å². The Labute approximate surface area is 143 Å². The summed E-state index contributed by atoms with van der Waals surface area (Å²) >= 11 is 0. The lowest BCUT2D eigenvalue weighted by molar-refractivity contribution is -0.138. The molecule has 3 rings (SSSR count). The molecule has 24 heavy (non-hydrogen) atoms. The van der Waals surface area contributed by atoms with Crippen molar-refractivity contribution in [1.82, 2.24) is 14.7 Å². The molecule has 2 amide bonds. The van der Waals surface area contributed by atoms with E-state index >= 15 is 0 Å². The van der Waals surface area contributed by atoms with Gasteiger partial charge in [0, 0.05) is 58.4 Å². The van der Waals surface area contributed by atoms with E-state index in [-0.39, 0.29) is 17.7 Å². The van der Waals surface area contributed by atoms with Crippen LogP contribution in [0.5, 0.6) is 0 Å². The van der Waals surface area contributed by atoms with Gasteiger partial charge in [0.1, 0.15) is 0 Å². The van der Waals surface area contributed by atoms with Gasteiger partial charge in [0.25, 0.3) is 0 Å². The molecule has 3 saturated heterocycles. The maximum atomic E-state index is 12.6. The predicted molar refractivity (Wildman–Crippen MR) is 88.6 cm³/mol. The molecule has 0 aromatic heterocycles. The molecule has 3 heterocycles. The van der Waals surface area contributed by atoms with E-state index in [4.69, 9.17) is 9.47 Å². The van der Waals surface area contributed by atoms with Crippen molar-refractivity contribution in [1.29, 1.82) is 0 Å². The van der Waals surface area contributed by atoms with Crippen LogP contribution in [0.3, 0.4) is 0 Å². The van der Waals surface area contributed by atoms with Crippen LogP contribution in [-0.2, 0) is 19.1 Å². The van der Waals surface area contributed by atoms with Crippen LogP contribution in [0.1, 0.15) is 19.3 Å². The summed E-state index contributed by atoms with van der Waals surface area (Å²) in [6.45, 7) is 7.72. The zero-order chi connectivity index (χ0) is 16.8. The molecular weight excluding hydrogens is 310 g/mol. The van der Waals surface area contributed by atoms with E-state index in [1.54, 1.807) is 0 Å². The Morgan fingerprint density at radius 3 is 2.25 bits per heavy atom. The largest absolute Gasteiger partial charge is 0.381 e. The Morgan fingerprint density at radius 1 is 0.792 bits per heavy atom. The molecule has 0 N–H and O–H groups in total. The molecular formula is C17H29N3O4. The highest BCUT2D eigenvalue weighted by Crippen LogP contribution is 2.18. The van der Waals surface area contributed by atoms with Gasteiger partial charge in [-0.3, -0.25) is 14.5 Å². The Hall–Kier alpha value is -1.18. The highest BCUT2D eigenvalue weighted by molar-refractivity contribution is 5.79. The van der Waals surface area contributed by atoms with E-state index in [9.17, 15) is 9.59 Å². The minimum atomic E-state index is 0.125. The number of nitrogens with zero attached hydrogens (tertiary/aromatic N) is 3. The predicted octanol–water partition coefficient (Wildman–Crippen LogP) is -0.194. The lowest BCUT2D eigenvalue weighted by Gasteiger charge is -2.30. The average molecular weight is 339 g/mol. The van der Waals surface area contributed by atoms with Gasteiger partial charge in [-0.1, -0.05) is 0 Å². The second kappa shape index (κ2) is 8.78. The first-order chi connectivity index (χ1) is 11.7. The fourth-order valence-electron chi connectivity index (χ4n) is 3.66. The minimum absolute atomic E-state index is 0.125. The summed E-state index contributed by atoms with van der Waals surface area (Å²) in [4.78, 5) is 31.1. The van der Waals surface area contributed by atoms with E-state index in [0.29, 0.717) is 46.1 Å². The highest BCUT2D eigenvalue weighted by Gasteiger charge is 2.28. The summed E-state index contributed by atoms with van der Waals surface area (Å²) in [5.41, 5.74) is 0. The quantitative estimate of drug-likeness (QED) is 0.713. The zero-order valence-corrected chi connectivity index (χ0v) is 14.5. The van der Waals surface area contributed by atoms with Crippen molar-refractivity contribution in [3.8, 4) is 0 Å². The molecule has 0 atom stereocenters. The first-order valence-electron chi connectivity index (χ1n) is 9.18. The third-order valence-corrected chi connectivity index (χ3v) is 5.19. The first-order valence-corrected chi connectivity index (χ1v) is 9.18. The topological polar surface area (TPSA) is 62.3 Å². The SMILES string of the molecule is O=C(CN1CCCN(C(=O)C2CCOCC2)CC1)N1CCOCC1. The van der Waals surface area contributed by atoms with Gasteiger partial charge < -0.3 is 19.3 Å². The standard InChI is InChI=1S/C17H29N3O4/c21-16(19-8-12-24-13-9-19)14-18-4-1-5-20(7-6-18)17(22)15-2-10-23-11-3-15/h15H,1-14H2. The van der Waals surface area contributed by atoms with Gasteiger partial charge in [0.15, 0.2) is 0 Å². The monoisotopic (exact) mass is 339 g/mol. The van der Waals surface area contributed by atoms with Gasteiger partial charge in [-0.05, 0) is 19.3 Å². The van der Waals surface area contributed by atoms with E-state index in [2.05, 4.69) is 4.90 Å². The maximum Gasteiger partial charge on any atom is 0.236 e. The molecule has 0 radical (unpaired) electrons. The summed E-state index contributed by atoms with van der Waals surface area (Å²) in [5, 5.41) is 0. The summed E-state index contributed by atoms with van der Waals surface area (Å²) < 4.78 is 10.6. The zero-order valence-electron chi connectivity index (χ0n) is 14.5. The van der Waals surface area contributed by atoms with Gasteiger partial charge in [0.2, 0.25) is 11.8 Å². The molecule has 136 valence electrons. The van der Waals surface area contributed by atoms with Gasteiger partial charge in [-0.15, -0.1) is 0 Å². The van der Waals surface area contributed by atoms with Crippen molar-refractivity contribution in [3.63, 3.8) is 0 Å². The van der Waals surface area contributed by atoms with E-state index in [1.165, 1.54) is 0 Å². The summed E-state index contributed by atoms with van der Waals surface area (Å²) in [6, 6.07) is 0. The lowest BCUT2D eigenvalue weighted by Crippen LogP contribution is -2.46. The van der Waals surface area contributed by atoms with Crippen molar-refractivity contribution >= 4 is 11.8 Å². The van der Waals surface area contributed by atoms with E-state index in [1.807, 2.05) is 9.80 Å². The fraction of sp³-hybridized carbons (Fsp3) is 0.882. The first kappa shape index (κ1) is 17.6. The molecule has 7 heteroatoms. The molecule has 0 unspecified atom stereocenters. The van der Waals surface area contributed by atoms with Gasteiger partial charge in [-0.25, -0.2) is 0 Å². The van der Waals surface area contributed by atoms with Crippen molar-refractivity contribution in [2.24, 2.45) is 5.92 Å². The molecule has 7 nitrogen and oxygen atoms in total. The third kappa shape index (κ3) is 4.68. The van der Waals surface area contributed by atoms with Crippen molar-refractivity contribution < 1.29 is 19.1 Å². The van der Waals surface area contributed by atoms with Crippen molar-refractivity contribution in [2.45, 2.75) is 19.3 Å². The number of carbonyl (C=O) groups is 2. The second-order valence-electron chi connectivity index (χ2n) is 6.83. The number of hydrogen-bond donors (Lipinski definition) is 0. The number of carbonyl (C=O) groups excluding carboxylic acids is 2. The van der Waals surface area contributed by atoms with E-state index in [0.717, 1.165) is 45.4 Å². The smallest absolute Gasteiger partial charge is 0.236 e. The van der Waals surface area contributed by atoms with Crippen LogP contribution in [-0.4, -0.2) is 98.8 Å². The molecule has 0 aliphatic carbocycles. The third-order valence-electron chi connectivity index (χ3n) is 5.19. The van der Waals surface area contributed by atoms with Gasteiger partial charge in [0.05, 0.1) is 19.8 Å². The molecule has 3 fully saturated rings. The Morgan fingerprint density at radius 2 is 1.50 bits per heavy atom. The molecule has 3 aliphatic rings. The highest BCUT2D eigenvalue weighted by atomic mass is 16.5. The Bertz CT molecular complexity index is 434. The molecule has 0 bridgehead atoms. The number of rotatable bonds is 3. The van der Waals surface area contributed by atoms with Crippen LogP contribution in [0.25, 0.3) is 0 Å². The molecule has 3 aliphatic heterocycles. The number of ether oxygens (including phenoxy) is 2. The number of amides is 2. The molecule has 0 aromatic carbocycles. The van der Waals surface area contributed by atoms with Crippen LogP contribution >= 0.6 is 0 Å². The Balaban J connectivity index is 1.45. The molecule has 0 saturated carbocycles. The number of morpholine rings is 1. The maximum absolute atomic E-state index is 12.6. The fourth-order valence-corrected chi connectivity index (χ4v) is 3.66. The number of hydrogen-bond acceptors (Lipinski definition) is 5. The average Bonchev–Trinajstić information content (AvgIpc) is 2.88. The van der Waals surface area contributed by atoms with Gasteiger partial charge >= 0.3 is 0 Å². The van der Waals surface area contributed by atoms with Gasteiger partial charge in [-0.2, -0.15) is 0 Å².